The Labute approximate surface area is 579 Å². The summed E-state index contributed by atoms with van der Waals surface area (Å²) in [7, 11) is 0. The lowest BCUT2D eigenvalue weighted by Gasteiger charge is -2.19. The summed E-state index contributed by atoms with van der Waals surface area (Å²) in [5.41, 5.74) is 13.4. The minimum absolute atomic E-state index is 0.0129. The molecule has 0 N–H and O–H groups in total. The zero-order valence-corrected chi connectivity index (χ0v) is 62.4. The van der Waals surface area contributed by atoms with E-state index in [0.717, 1.165) is 56.9 Å². The minimum Gasteiger partial charge on any atom is -0.257 e. The van der Waals surface area contributed by atoms with Crippen molar-refractivity contribution in [3.05, 3.63) is 240 Å². The van der Waals surface area contributed by atoms with E-state index in [0.29, 0.717) is 23.0 Å². The van der Waals surface area contributed by atoms with E-state index in [4.69, 9.17) is 25.7 Å². The van der Waals surface area contributed by atoms with Gasteiger partial charge in [0.2, 0.25) is 5.82 Å². The Bertz CT molecular complexity index is 3530. The molecule has 0 unspecified atom stereocenters. The quantitative estimate of drug-likeness (QED) is 0.154. The lowest BCUT2D eigenvalue weighted by atomic mass is 9.86. The average Bonchev–Trinajstić information content (AvgIpc) is 0.960. The summed E-state index contributed by atoms with van der Waals surface area (Å²) in [6.07, 6.45) is 40.1. The highest BCUT2D eigenvalue weighted by atomic mass is 14.9. The molecule has 0 radical (unpaired) electrons. The van der Waals surface area contributed by atoms with Gasteiger partial charge in [-0.2, -0.15) is 0 Å². The Morgan fingerprint density at radius 2 is 0.812 bits per heavy atom. The van der Waals surface area contributed by atoms with Crippen molar-refractivity contribution >= 4 is 24.3 Å². The molecule has 0 spiro atoms. The highest BCUT2D eigenvalue weighted by Crippen LogP contribution is 2.27. The van der Waals surface area contributed by atoms with Crippen LogP contribution in [0.15, 0.2) is 149 Å². The molecular formula is C84H108N12. The zero-order valence-electron chi connectivity index (χ0n) is 62.4. The molecule has 8 aromatic heterocycles. The van der Waals surface area contributed by atoms with Gasteiger partial charge in [0.05, 0.1) is 22.8 Å². The van der Waals surface area contributed by atoms with Crippen LogP contribution in [0.5, 0.6) is 0 Å². The standard InChI is InChI=1S/C11H15N.3C11H13N.2C10H14N2.C10H12N2.C10H14N2/c2*1-5-10-8-9(6-7-12-10)11(2,3)4;1-5-10-9(11(2,3)4)7-6-8-12-10;1-5-9-7-6-8-10(12-9)11(2,3)4;1-5-8-6-9(10(2,3)4)12-7-11-8;2*1-5-9-11-7-6-8(12-9)10(2,3)4;1-5-8-6-7-11-9(12-8)10(2,3)4/h5-8H,1H2,2-4H3;3*1,6-8H,2-4H3;2*5-7H,1H2,2-4H3;1,6-7H,2-4H3;5-7H,1H2,2-4H3. The average molecular weight is 1290 g/mol. The number of aromatic nitrogens is 12. The van der Waals surface area contributed by atoms with E-state index in [-0.39, 0.29) is 43.3 Å². The van der Waals surface area contributed by atoms with Crippen LogP contribution >= 0.6 is 0 Å². The first-order valence-electron chi connectivity index (χ1n) is 31.9. The van der Waals surface area contributed by atoms with Crippen molar-refractivity contribution in [3.8, 4) is 49.4 Å². The summed E-state index contributed by atoms with van der Waals surface area (Å²) in [4.78, 5) is 49.9. The van der Waals surface area contributed by atoms with Gasteiger partial charge in [0, 0.05) is 81.3 Å². The summed E-state index contributed by atoms with van der Waals surface area (Å²) in [6, 6.07) is 25.5. The van der Waals surface area contributed by atoms with Crippen LogP contribution in [0.4, 0.5) is 0 Å². The topological polar surface area (TPSA) is 155 Å². The van der Waals surface area contributed by atoms with Gasteiger partial charge in [0.15, 0.2) is 5.82 Å². The third kappa shape index (κ3) is 31.8. The number of rotatable bonds is 4. The van der Waals surface area contributed by atoms with Crippen LogP contribution in [0.2, 0.25) is 0 Å². The van der Waals surface area contributed by atoms with Gasteiger partial charge in [0.25, 0.3) is 0 Å². The van der Waals surface area contributed by atoms with Crippen molar-refractivity contribution in [2.24, 2.45) is 0 Å². The third-order valence-electron chi connectivity index (χ3n) is 13.4. The van der Waals surface area contributed by atoms with Gasteiger partial charge in [-0.3, -0.25) is 4.98 Å². The minimum atomic E-state index is 0.0129. The molecule has 8 heterocycles. The fourth-order valence-corrected chi connectivity index (χ4v) is 7.54. The lowest BCUT2D eigenvalue weighted by Crippen LogP contribution is -2.15. The van der Waals surface area contributed by atoms with Crippen LogP contribution < -0.4 is 0 Å². The van der Waals surface area contributed by atoms with Crippen molar-refractivity contribution in [3.63, 3.8) is 0 Å². The molecular weight excluding hydrogens is 1180 g/mol. The van der Waals surface area contributed by atoms with Gasteiger partial charge in [-0.15, -0.1) is 25.7 Å². The number of hydrogen-bond donors (Lipinski definition) is 0. The van der Waals surface area contributed by atoms with E-state index >= 15 is 0 Å². The molecule has 0 aliphatic heterocycles. The molecule has 0 saturated carbocycles. The fourth-order valence-electron chi connectivity index (χ4n) is 7.54. The van der Waals surface area contributed by atoms with Crippen LogP contribution in [0, 0.1) is 49.4 Å². The second-order valence-corrected chi connectivity index (χ2v) is 30.3. The van der Waals surface area contributed by atoms with Crippen LogP contribution in [0.3, 0.4) is 0 Å². The molecule has 96 heavy (non-hydrogen) atoms. The van der Waals surface area contributed by atoms with Gasteiger partial charge in [0.1, 0.15) is 29.2 Å². The lowest BCUT2D eigenvalue weighted by molar-refractivity contribution is 0.544. The molecule has 8 rings (SSSR count). The number of terminal acetylenes is 4. The Morgan fingerprint density at radius 3 is 1.28 bits per heavy atom. The van der Waals surface area contributed by atoms with E-state index in [1.165, 1.54) is 11.1 Å². The number of pyridine rings is 4. The van der Waals surface area contributed by atoms with Crippen LogP contribution in [-0.4, -0.2) is 59.8 Å². The van der Waals surface area contributed by atoms with Gasteiger partial charge < -0.3 is 0 Å². The summed E-state index contributed by atoms with van der Waals surface area (Å²) in [5, 5.41) is 0. The molecule has 0 aliphatic carbocycles. The summed E-state index contributed by atoms with van der Waals surface area (Å²) < 4.78 is 0. The first kappa shape index (κ1) is 84.1. The third-order valence-corrected chi connectivity index (χ3v) is 13.4. The zero-order chi connectivity index (χ0) is 73.5. The maximum atomic E-state index is 5.33. The van der Waals surface area contributed by atoms with Crippen molar-refractivity contribution in [1.82, 2.24) is 59.8 Å². The predicted molar refractivity (Wildman–Crippen MR) is 407 cm³/mol. The maximum absolute atomic E-state index is 5.33. The fraction of sp³-hybridized carbons (Fsp3) is 0.381. The van der Waals surface area contributed by atoms with Crippen molar-refractivity contribution in [1.29, 1.82) is 0 Å². The first-order chi connectivity index (χ1) is 44.3. The molecule has 0 saturated heterocycles. The molecule has 0 fully saturated rings. The normalized spacial score (nSPS) is 11.0. The van der Waals surface area contributed by atoms with Gasteiger partial charge >= 0.3 is 0 Å². The van der Waals surface area contributed by atoms with E-state index in [2.05, 4.69) is 282 Å². The maximum Gasteiger partial charge on any atom is 0.204 e. The molecule has 12 heteroatoms. The van der Waals surface area contributed by atoms with Gasteiger partial charge in [-0.1, -0.05) is 216 Å². The van der Waals surface area contributed by atoms with E-state index in [1.807, 2.05) is 79.0 Å². The highest BCUT2D eigenvalue weighted by molar-refractivity contribution is 5.45. The molecule has 504 valence electrons. The SMILES string of the molecule is C#Cc1cc(C(C)(C)C)ccn1.C#Cc1cccc(C(C)(C)C)n1.C#Cc1nccc(C(C)(C)C)n1.C#Cc1ncccc1C(C)(C)C.C=Cc1cc(C(C)(C)C)ccn1.C=Cc1cc(C(C)(C)C)ncn1.C=Cc1ccnc(C(C)(C)C)n1.C=Cc1nccc(C(C)(C)C)n1. The first-order valence-corrected chi connectivity index (χ1v) is 31.9. The van der Waals surface area contributed by atoms with Crippen LogP contribution in [0.1, 0.15) is 257 Å². The summed E-state index contributed by atoms with van der Waals surface area (Å²) in [5.74, 6) is 12.1. The molecule has 0 aromatic carbocycles. The number of hydrogen-bond acceptors (Lipinski definition) is 12. The Hall–Kier alpha value is -9.88. The number of nitrogens with zero attached hydrogens (tertiary/aromatic N) is 12. The Kier molecular flexibility index (Phi) is 33.2. The second kappa shape index (κ2) is 37.9. The molecule has 8 aromatic rings. The van der Waals surface area contributed by atoms with Gasteiger partial charge in [-0.25, -0.2) is 54.8 Å². The monoisotopic (exact) mass is 1280 g/mol. The Balaban J connectivity index is 0.000000549. The van der Waals surface area contributed by atoms with Crippen LogP contribution in [-0.2, 0) is 43.3 Å². The van der Waals surface area contributed by atoms with Crippen molar-refractivity contribution < 1.29 is 0 Å². The summed E-state index contributed by atoms with van der Waals surface area (Å²) in [6.45, 7) is 65.8. The largest absolute Gasteiger partial charge is 0.257 e. The molecule has 0 amide bonds. The molecule has 0 bridgehead atoms. The highest BCUT2D eigenvalue weighted by Gasteiger charge is 2.21. The predicted octanol–water partition coefficient (Wildman–Crippen LogP) is 19.1. The van der Waals surface area contributed by atoms with Crippen molar-refractivity contribution in [2.45, 2.75) is 209 Å². The Morgan fingerprint density at radius 1 is 0.323 bits per heavy atom. The smallest absolute Gasteiger partial charge is 0.204 e. The molecule has 12 nitrogen and oxygen atoms in total. The van der Waals surface area contributed by atoms with Crippen LogP contribution in [0.25, 0.3) is 24.3 Å². The van der Waals surface area contributed by atoms with E-state index in [9.17, 15) is 0 Å². The second-order valence-electron chi connectivity index (χ2n) is 30.3. The van der Waals surface area contributed by atoms with Crippen molar-refractivity contribution in [2.75, 3.05) is 0 Å². The van der Waals surface area contributed by atoms with E-state index in [1.54, 1.807) is 61.6 Å². The van der Waals surface area contributed by atoms with Gasteiger partial charge in [-0.05, 0) is 136 Å². The molecule has 0 aliphatic rings. The summed E-state index contributed by atoms with van der Waals surface area (Å²) >= 11 is 0. The molecule has 0 atom stereocenters. The van der Waals surface area contributed by atoms with E-state index < -0.39 is 0 Å².